The van der Waals surface area contributed by atoms with Crippen LogP contribution in [0.1, 0.15) is 11.6 Å². The lowest BCUT2D eigenvalue weighted by Crippen LogP contribution is -2.46. The molecule has 3 N–H and O–H groups in total. The van der Waals surface area contributed by atoms with Gasteiger partial charge in [0.15, 0.2) is 0 Å². The number of para-hydroxylation sites is 2. The average Bonchev–Trinajstić information content (AvgIpc) is 2.83. The Bertz CT molecular complexity index is 1150. The second kappa shape index (κ2) is 9.86. The highest BCUT2D eigenvalue weighted by atomic mass is 16.5. The van der Waals surface area contributed by atoms with Crippen LogP contribution in [0.4, 0.5) is 17.1 Å². The molecule has 1 heterocycles. The van der Waals surface area contributed by atoms with Gasteiger partial charge in [0.1, 0.15) is 11.8 Å². The van der Waals surface area contributed by atoms with Crippen LogP contribution in [0.3, 0.4) is 0 Å². The van der Waals surface area contributed by atoms with Crippen LogP contribution < -0.4 is 25.6 Å². The lowest BCUT2D eigenvalue weighted by molar-refractivity contribution is -0.126. The maximum atomic E-state index is 13.1. The van der Waals surface area contributed by atoms with Gasteiger partial charge in [0.2, 0.25) is 11.8 Å². The number of rotatable bonds is 7. The van der Waals surface area contributed by atoms with Gasteiger partial charge >= 0.3 is 0 Å². The number of fused-ring (bicyclic) bond motifs is 1. The molecule has 1 atom stereocenters. The Morgan fingerprint density at radius 2 is 1.70 bits per heavy atom. The first-order valence-electron chi connectivity index (χ1n) is 10.5. The van der Waals surface area contributed by atoms with Crippen molar-refractivity contribution in [1.82, 2.24) is 5.32 Å². The lowest BCUT2D eigenvalue weighted by Gasteiger charge is -2.30. The first kappa shape index (κ1) is 21.9. The number of nitrogens with zero attached hydrogens (tertiary/aromatic N) is 1. The molecule has 0 spiro atoms. The predicted octanol–water partition coefficient (Wildman–Crippen LogP) is 2.95. The monoisotopic (exact) mass is 444 g/mol. The van der Waals surface area contributed by atoms with E-state index in [9.17, 15) is 14.4 Å². The summed E-state index contributed by atoms with van der Waals surface area (Å²) < 4.78 is 5.15. The number of carbonyl (C=O) groups excluding carboxylic acids is 3. The Morgan fingerprint density at radius 3 is 2.42 bits per heavy atom. The highest BCUT2D eigenvalue weighted by molar-refractivity contribution is 6.03. The molecule has 0 bridgehead atoms. The summed E-state index contributed by atoms with van der Waals surface area (Å²) in [5.41, 5.74) is 2.64. The fourth-order valence-electron chi connectivity index (χ4n) is 3.66. The minimum absolute atomic E-state index is 0.0540. The van der Waals surface area contributed by atoms with Gasteiger partial charge in [-0.05, 0) is 42.0 Å². The van der Waals surface area contributed by atoms with Crippen LogP contribution in [0, 0.1) is 0 Å². The predicted molar refractivity (Wildman–Crippen MR) is 126 cm³/mol. The van der Waals surface area contributed by atoms with E-state index < -0.39 is 6.04 Å². The average molecular weight is 444 g/mol. The summed E-state index contributed by atoms with van der Waals surface area (Å²) in [6.45, 7) is -0.0118. The number of ether oxygens (including phenoxy) is 1. The Labute approximate surface area is 191 Å². The zero-order valence-corrected chi connectivity index (χ0v) is 18.1. The van der Waals surface area contributed by atoms with Gasteiger partial charge in [-0.1, -0.05) is 42.5 Å². The number of hydrogen-bond donors (Lipinski definition) is 3. The molecule has 8 heteroatoms. The van der Waals surface area contributed by atoms with Gasteiger partial charge in [0.05, 0.1) is 31.6 Å². The van der Waals surface area contributed by atoms with E-state index in [1.54, 1.807) is 66.6 Å². The van der Waals surface area contributed by atoms with E-state index in [0.29, 0.717) is 22.7 Å². The SMILES string of the molecule is COc1ccc(NC(=O)C(NC(=O)CN2CC(=O)Nc3ccccc32)c2ccccc2)cc1. The van der Waals surface area contributed by atoms with Crippen LogP contribution in [-0.4, -0.2) is 37.9 Å². The van der Waals surface area contributed by atoms with E-state index in [-0.39, 0.29) is 30.8 Å². The molecule has 0 fully saturated rings. The number of methoxy groups -OCH3 is 1. The molecule has 0 aromatic heterocycles. The summed E-state index contributed by atoms with van der Waals surface area (Å²) >= 11 is 0. The Kier molecular flexibility index (Phi) is 6.54. The fraction of sp³-hybridized carbons (Fsp3) is 0.160. The van der Waals surface area contributed by atoms with Gasteiger partial charge in [-0.3, -0.25) is 14.4 Å². The summed E-state index contributed by atoms with van der Waals surface area (Å²) in [4.78, 5) is 39.8. The minimum Gasteiger partial charge on any atom is -0.497 e. The van der Waals surface area contributed by atoms with Gasteiger partial charge in [-0.2, -0.15) is 0 Å². The largest absolute Gasteiger partial charge is 0.497 e. The van der Waals surface area contributed by atoms with Gasteiger partial charge in [0, 0.05) is 5.69 Å². The van der Waals surface area contributed by atoms with Gasteiger partial charge in [-0.15, -0.1) is 0 Å². The van der Waals surface area contributed by atoms with Crippen LogP contribution >= 0.6 is 0 Å². The molecule has 33 heavy (non-hydrogen) atoms. The van der Waals surface area contributed by atoms with Crippen molar-refractivity contribution in [3.63, 3.8) is 0 Å². The van der Waals surface area contributed by atoms with Crippen molar-refractivity contribution in [1.29, 1.82) is 0 Å². The smallest absolute Gasteiger partial charge is 0.251 e. The fourth-order valence-corrected chi connectivity index (χ4v) is 3.66. The summed E-state index contributed by atoms with van der Waals surface area (Å²) in [7, 11) is 1.57. The summed E-state index contributed by atoms with van der Waals surface area (Å²) in [6, 6.07) is 22.3. The molecule has 1 aliphatic heterocycles. The molecule has 1 aliphatic rings. The number of nitrogens with one attached hydrogen (secondary N) is 3. The number of benzene rings is 3. The van der Waals surface area contributed by atoms with Crippen LogP contribution in [0.25, 0.3) is 0 Å². The molecular formula is C25H24N4O4. The zero-order valence-electron chi connectivity index (χ0n) is 18.1. The molecule has 0 saturated carbocycles. The Balaban J connectivity index is 1.50. The van der Waals surface area contributed by atoms with Gasteiger partial charge in [0.25, 0.3) is 5.91 Å². The van der Waals surface area contributed by atoms with Crippen molar-refractivity contribution in [2.24, 2.45) is 0 Å². The van der Waals surface area contributed by atoms with Gasteiger partial charge < -0.3 is 25.6 Å². The normalized spacial score (nSPS) is 13.4. The summed E-state index contributed by atoms with van der Waals surface area (Å²) in [5, 5.41) is 8.45. The molecule has 0 aliphatic carbocycles. The van der Waals surface area contributed by atoms with Crippen molar-refractivity contribution >= 4 is 34.8 Å². The van der Waals surface area contributed by atoms with Crippen molar-refractivity contribution < 1.29 is 19.1 Å². The summed E-state index contributed by atoms with van der Waals surface area (Å²) in [6.07, 6.45) is 0. The molecule has 3 aromatic carbocycles. The first-order valence-corrected chi connectivity index (χ1v) is 10.5. The van der Waals surface area contributed by atoms with E-state index >= 15 is 0 Å². The second-order valence-electron chi connectivity index (χ2n) is 7.55. The molecule has 1 unspecified atom stereocenters. The Morgan fingerprint density at radius 1 is 1.00 bits per heavy atom. The molecule has 8 nitrogen and oxygen atoms in total. The van der Waals surface area contributed by atoms with Crippen molar-refractivity contribution in [3.05, 3.63) is 84.4 Å². The third-order valence-corrected chi connectivity index (χ3v) is 5.25. The van der Waals surface area contributed by atoms with Crippen LogP contribution in [0.5, 0.6) is 5.75 Å². The van der Waals surface area contributed by atoms with E-state index in [4.69, 9.17) is 4.74 Å². The van der Waals surface area contributed by atoms with Crippen LogP contribution in [-0.2, 0) is 14.4 Å². The highest BCUT2D eigenvalue weighted by Gasteiger charge is 2.27. The molecule has 3 aromatic rings. The maximum absolute atomic E-state index is 13.1. The van der Waals surface area contributed by atoms with E-state index in [1.807, 2.05) is 24.3 Å². The number of carbonyl (C=O) groups is 3. The standard InChI is InChI=1S/C25H24N4O4/c1-33-19-13-11-18(12-14-19)26-25(32)24(17-7-3-2-4-8-17)28-23(31)16-29-15-22(30)27-20-9-5-6-10-21(20)29/h2-14,24H,15-16H2,1H3,(H,26,32)(H,27,30)(H,28,31). The second-order valence-corrected chi connectivity index (χ2v) is 7.55. The molecule has 3 amide bonds. The molecule has 168 valence electrons. The maximum Gasteiger partial charge on any atom is 0.251 e. The molecular weight excluding hydrogens is 420 g/mol. The lowest BCUT2D eigenvalue weighted by atomic mass is 10.1. The van der Waals surface area contributed by atoms with Gasteiger partial charge in [-0.25, -0.2) is 0 Å². The molecule has 0 radical (unpaired) electrons. The van der Waals surface area contributed by atoms with E-state index in [0.717, 1.165) is 5.69 Å². The third kappa shape index (κ3) is 5.30. The van der Waals surface area contributed by atoms with Crippen molar-refractivity contribution in [3.8, 4) is 5.75 Å². The topological polar surface area (TPSA) is 99.8 Å². The third-order valence-electron chi connectivity index (χ3n) is 5.25. The number of hydrogen-bond acceptors (Lipinski definition) is 5. The Hall–Kier alpha value is -4.33. The molecule has 4 rings (SSSR count). The van der Waals surface area contributed by atoms with E-state index in [2.05, 4.69) is 16.0 Å². The van der Waals surface area contributed by atoms with Crippen molar-refractivity contribution in [2.75, 3.05) is 35.7 Å². The number of amides is 3. The molecule has 0 saturated heterocycles. The highest BCUT2D eigenvalue weighted by Crippen LogP contribution is 2.28. The number of anilines is 3. The van der Waals surface area contributed by atoms with Crippen LogP contribution in [0.15, 0.2) is 78.9 Å². The minimum atomic E-state index is -0.908. The zero-order chi connectivity index (χ0) is 23.2. The van der Waals surface area contributed by atoms with Crippen LogP contribution in [0.2, 0.25) is 0 Å². The first-order chi connectivity index (χ1) is 16.0. The summed E-state index contributed by atoms with van der Waals surface area (Å²) in [5.74, 6) is -0.278. The van der Waals surface area contributed by atoms with Crippen molar-refractivity contribution in [2.45, 2.75) is 6.04 Å². The quantitative estimate of drug-likeness (QED) is 0.520. The van der Waals surface area contributed by atoms with E-state index in [1.165, 1.54) is 0 Å².